The molecule has 0 saturated carbocycles. The molecule has 0 saturated heterocycles. The minimum atomic E-state index is 1.38. The molecule has 8 heavy (non-hydrogen) atoms. The summed E-state index contributed by atoms with van der Waals surface area (Å²) in [6.07, 6.45) is 8.04. The number of isocyanates is 1. The predicted molar refractivity (Wildman–Crippen MR) is 32.1 cm³/mol. The van der Waals surface area contributed by atoms with Crippen molar-refractivity contribution in [3.8, 4) is 0 Å². The Bertz CT molecular complexity index is 141. The van der Waals surface area contributed by atoms with Gasteiger partial charge in [-0.15, -0.1) is 0 Å². The van der Waals surface area contributed by atoms with Crippen LogP contribution in [0.25, 0.3) is 0 Å². The summed E-state index contributed by atoms with van der Waals surface area (Å²) >= 11 is 0. The molecule has 0 aromatic heterocycles. The van der Waals surface area contributed by atoms with E-state index in [0.717, 1.165) is 0 Å². The van der Waals surface area contributed by atoms with Crippen LogP contribution in [0.15, 0.2) is 29.4 Å². The third kappa shape index (κ3) is 4.86. The Morgan fingerprint density at radius 2 is 2.25 bits per heavy atom. The lowest BCUT2D eigenvalue weighted by Crippen LogP contribution is -1.47. The quantitative estimate of drug-likeness (QED) is 0.299. The Morgan fingerprint density at radius 1 is 1.50 bits per heavy atom. The van der Waals surface area contributed by atoms with E-state index in [9.17, 15) is 4.79 Å². The van der Waals surface area contributed by atoms with Crippen molar-refractivity contribution in [1.82, 2.24) is 0 Å². The van der Waals surface area contributed by atoms with Crippen molar-refractivity contribution in [2.75, 3.05) is 0 Å². The van der Waals surface area contributed by atoms with Crippen molar-refractivity contribution in [1.29, 1.82) is 0 Å². The second-order valence-electron chi connectivity index (χ2n) is 1.09. The van der Waals surface area contributed by atoms with E-state index in [1.165, 1.54) is 12.3 Å². The van der Waals surface area contributed by atoms with Gasteiger partial charge in [-0.1, -0.05) is 12.2 Å². The molecule has 0 amide bonds. The summed E-state index contributed by atoms with van der Waals surface area (Å²) in [4.78, 5) is 12.6. The predicted octanol–water partition coefficient (Wildman–Crippen LogP) is 1.41. The summed E-state index contributed by atoms with van der Waals surface area (Å²) in [7, 11) is 0. The Labute approximate surface area is 48.2 Å². The second-order valence-corrected chi connectivity index (χ2v) is 1.09. The van der Waals surface area contributed by atoms with E-state index in [-0.39, 0.29) is 0 Å². The minimum Gasteiger partial charge on any atom is -0.211 e. The highest BCUT2D eigenvalue weighted by atomic mass is 16.1. The van der Waals surface area contributed by atoms with Crippen LogP contribution in [0.5, 0.6) is 0 Å². The van der Waals surface area contributed by atoms with Gasteiger partial charge in [0.2, 0.25) is 6.08 Å². The normalized spacial score (nSPS) is 10.1. The lowest BCUT2D eigenvalue weighted by atomic mass is 10.5. The molecule has 0 aromatic rings. The van der Waals surface area contributed by atoms with Gasteiger partial charge in [0, 0.05) is 6.20 Å². The molecule has 0 heterocycles. The van der Waals surface area contributed by atoms with E-state index >= 15 is 0 Å². The van der Waals surface area contributed by atoms with Gasteiger partial charge in [0.15, 0.2) is 0 Å². The van der Waals surface area contributed by atoms with Crippen molar-refractivity contribution >= 4 is 6.08 Å². The van der Waals surface area contributed by atoms with Crippen LogP contribution >= 0.6 is 0 Å². The van der Waals surface area contributed by atoms with Crippen LogP contribution in [0.1, 0.15) is 6.92 Å². The summed E-state index contributed by atoms with van der Waals surface area (Å²) < 4.78 is 0. The van der Waals surface area contributed by atoms with Gasteiger partial charge in [-0.25, -0.2) is 4.79 Å². The first-order chi connectivity index (χ1) is 3.91. The van der Waals surface area contributed by atoms with Crippen molar-refractivity contribution in [2.24, 2.45) is 4.99 Å². The average Bonchev–Trinajstić information content (AvgIpc) is 1.81. The fraction of sp³-hybridized carbons (Fsp3) is 0.167. The monoisotopic (exact) mass is 109 g/mol. The standard InChI is InChI=1S/C6H7NO/c1-2-3-4-5-7-6-8/h2-5H,1H3/b3-2?,5-4+. The molecule has 0 radical (unpaired) electrons. The fourth-order valence-electron chi connectivity index (χ4n) is 0.234. The number of rotatable bonds is 2. The molecule has 0 aliphatic heterocycles. The van der Waals surface area contributed by atoms with Crippen molar-refractivity contribution in [3.05, 3.63) is 24.4 Å². The minimum absolute atomic E-state index is 1.38. The summed E-state index contributed by atoms with van der Waals surface area (Å²) in [5, 5.41) is 0. The van der Waals surface area contributed by atoms with Gasteiger partial charge in [0.1, 0.15) is 0 Å². The molecule has 0 aromatic carbocycles. The van der Waals surface area contributed by atoms with Gasteiger partial charge in [0.05, 0.1) is 0 Å². The third-order valence-electron chi connectivity index (χ3n) is 0.517. The highest BCUT2D eigenvalue weighted by Gasteiger charge is 1.56. The van der Waals surface area contributed by atoms with E-state index in [1.54, 1.807) is 12.2 Å². The Morgan fingerprint density at radius 3 is 2.75 bits per heavy atom. The molecule has 0 N–H and O–H groups in total. The van der Waals surface area contributed by atoms with Crippen molar-refractivity contribution < 1.29 is 4.79 Å². The van der Waals surface area contributed by atoms with E-state index in [2.05, 4.69) is 4.99 Å². The Kier molecular flexibility index (Phi) is 5.02. The topological polar surface area (TPSA) is 29.4 Å². The summed E-state index contributed by atoms with van der Waals surface area (Å²) in [5.41, 5.74) is 0. The molecule has 0 unspecified atom stereocenters. The van der Waals surface area contributed by atoms with E-state index < -0.39 is 0 Å². The molecule has 0 fully saturated rings. The van der Waals surface area contributed by atoms with E-state index in [1.807, 2.05) is 13.0 Å². The maximum Gasteiger partial charge on any atom is 0.239 e. The first-order valence-electron chi connectivity index (χ1n) is 2.26. The van der Waals surface area contributed by atoms with Crippen molar-refractivity contribution in [2.45, 2.75) is 6.92 Å². The average molecular weight is 109 g/mol. The first kappa shape index (κ1) is 6.86. The van der Waals surface area contributed by atoms with Crippen LogP contribution in [0.2, 0.25) is 0 Å². The largest absolute Gasteiger partial charge is 0.239 e. The zero-order chi connectivity index (χ0) is 6.24. The molecule has 42 valence electrons. The lowest BCUT2D eigenvalue weighted by Gasteiger charge is -1.64. The lowest BCUT2D eigenvalue weighted by molar-refractivity contribution is 0.565. The van der Waals surface area contributed by atoms with Crippen LogP contribution in [0.3, 0.4) is 0 Å². The maximum absolute atomic E-state index is 9.40. The molecular weight excluding hydrogens is 102 g/mol. The summed E-state index contributed by atoms with van der Waals surface area (Å²) in [5.74, 6) is 0. The highest BCUT2D eigenvalue weighted by molar-refractivity contribution is 5.34. The summed E-state index contributed by atoms with van der Waals surface area (Å²) in [6, 6.07) is 0. The van der Waals surface area contributed by atoms with Gasteiger partial charge >= 0.3 is 0 Å². The van der Waals surface area contributed by atoms with Gasteiger partial charge in [-0.2, -0.15) is 4.99 Å². The smallest absolute Gasteiger partial charge is 0.211 e. The molecular formula is C6H7NO. The van der Waals surface area contributed by atoms with Crippen LogP contribution < -0.4 is 0 Å². The van der Waals surface area contributed by atoms with Crippen LogP contribution in [-0.2, 0) is 4.79 Å². The van der Waals surface area contributed by atoms with E-state index in [4.69, 9.17) is 0 Å². The van der Waals surface area contributed by atoms with Gasteiger partial charge in [-0.05, 0) is 13.0 Å². The van der Waals surface area contributed by atoms with E-state index in [0.29, 0.717) is 0 Å². The number of allylic oxidation sites excluding steroid dienone is 3. The number of aliphatic imine (C=N–C) groups is 1. The van der Waals surface area contributed by atoms with Crippen molar-refractivity contribution in [3.63, 3.8) is 0 Å². The molecule has 0 rings (SSSR count). The number of hydrogen-bond donors (Lipinski definition) is 0. The third-order valence-corrected chi connectivity index (χ3v) is 0.517. The zero-order valence-corrected chi connectivity index (χ0v) is 4.66. The maximum atomic E-state index is 9.40. The Hall–Kier alpha value is -1.14. The molecule has 0 atom stereocenters. The number of hydrogen-bond acceptors (Lipinski definition) is 2. The molecule has 2 nitrogen and oxygen atoms in total. The van der Waals surface area contributed by atoms with Crippen LogP contribution in [0.4, 0.5) is 0 Å². The number of nitrogens with zero attached hydrogens (tertiary/aromatic N) is 1. The van der Waals surface area contributed by atoms with Crippen LogP contribution in [0, 0.1) is 0 Å². The Balaban J connectivity index is 3.50. The number of carbonyl (C=O) groups excluding carboxylic acids is 1. The molecule has 2 heteroatoms. The molecule has 0 bridgehead atoms. The summed E-state index contributed by atoms with van der Waals surface area (Å²) in [6.45, 7) is 1.88. The highest BCUT2D eigenvalue weighted by Crippen LogP contribution is 1.74. The molecule has 0 aliphatic rings. The first-order valence-corrected chi connectivity index (χ1v) is 2.26. The van der Waals surface area contributed by atoms with Gasteiger partial charge in [-0.3, -0.25) is 0 Å². The molecule has 0 spiro atoms. The second kappa shape index (κ2) is 5.86. The SMILES string of the molecule is CC=C/C=C/N=C=O. The zero-order valence-electron chi connectivity index (χ0n) is 4.66. The van der Waals surface area contributed by atoms with Gasteiger partial charge in [0.25, 0.3) is 0 Å². The molecule has 0 aliphatic carbocycles. The van der Waals surface area contributed by atoms with Gasteiger partial charge < -0.3 is 0 Å². The van der Waals surface area contributed by atoms with Crippen LogP contribution in [-0.4, -0.2) is 6.08 Å². The fourth-order valence-corrected chi connectivity index (χ4v) is 0.234.